The van der Waals surface area contributed by atoms with Crippen molar-refractivity contribution in [3.8, 4) is 0 Å². The third-order valence-electron chi connectivity index (χ3n) is 9.82. The van der Waals surface area contributed by atoms with Gasteiger partial charge in [0.1, 0.15) is 0 Å². The fourth-order valence-corrected chi connectivity index (χ4v) is 7.22. The van der Waals surface area contributed by atoms with Crippen LogP contribution < -0.4 is 21.4 Å². The molecule has 0 radical (unpaired) electrons. The summed E-state index contributed by atoms with van der Waals surface area (Å²) < 4.78 is 309. The molecule has 8 aromatic rings. The predicted molar refractivity (Wildman–Crippen MR) is 165 cm³/mol. The van der Waals surface area contributed by atoms with Crippen molar-refractivity contribution in [1.82, 2.24) is 19.9 Å². The minimum atomic E-state index is -2.81. The van der Waals surface area contributed by atoms with E-state index in [2.05, 4.69) is 0 Å². The summed E-state index contributed by atoms with van der Waals surface area (Å²) in [4.78, 5) is 5.99. The Bertz CT molecular complexity index is 3200. The number of hydrogen-bond donors (Lipinski definition) is 4. The van der Waals surface area contributed by atoms with Crippen LogP contribution in [0.4, 0.5) is 87.8 Å². The lowest BCUT2D eigenvalue weighted by molar-refractivity contribution is 0.418. The van der Waals surface area contributed by atoms with E-state index in [1.54, 1.807) is 0 Å². The van der Waals surface area contributed by atoms with Gasteiger partial charge in [0.15, 0.2) is 116 Å². The Kier molecular flexibility index (Phi) is 7.94. The number of rotatable bonds is 0. The third-order valence-corrected chi connectivity index (χ3v) is 9.82. The van der Waals surface area contributed by atoms with E-state index < -0.39 is 204 Å². The van der Waals surface area contributed by atoms with Gasteiger partial charge in [-0.3, -0.25) is 0 Å². The molecule has 1 aliphatic heterocycles. The second kappa shape index (κ2) is 12.3. The molecule has 5 heterocycles. The molecule has 1 aliphatic rings. The average Bonchev–Trinajstić information content (AvgIpc) is 4.03. The van der Waals surface area contributed by atoms with Crippen molar-refractivity contribution in [3.63, 3.8) is 0 Å². The van der Waals surface area contributed by atoms with Crippen LogP contribution in [0, 0.1) is 93.1 Å². The molecule has 0 fully saturated rings. The maximum atomic E-state index is 16.8. The van der Waals surface area contributed by atoms with E-state index in [0.29, 0.717) is 0 Å². The third kappa shape index (κ3) is 4.49. The van der Waals surface area contributed by atoms with Gasteiger partial charge in [-0.15, -0.1) is 0 Å². The molecule has 0 atom stereocenters. The monoisotopic (exact) mass is 872 g/mol. The normalized spacial score (nSPS) is 13.5. The number of hydrogen-bond acceptors (Lipinski definition) is 0. The van der Waals surface area contributed by atoms with Crippen LogP contribution in [0.25, 0.3) is 66.4 Å². The topological polar surface area (TPSA) is 63.2 Å². The van der Waals surface area contributed by atoms with E-state index in [1.807, 2.05) is 0 Å². The first-order chi connectivity index (χ1) is 28.1. The molecule has 4 nitrogen and oxygen atoms in total. The maximum Gasteiger partial charge on any atom is 0.198 e. The zero-order valence-electron chi connectivity index (χ0n) is 27.6. The largest absolute Gasteiger partial charge is 0.349 e. The smallest absolute Gasteiger partial charge is 0.198 e. The quantitative estimate of drug-likeness (QED) is 0.0671. The summed E-state index contributed by atoms with van der Waals surface area (Å²) in [6.07, 6.45) is 0. The Hall–Kier alpha value is -6.88. The highest BCUT2D eigenvalue weighted by Crippen LogP contribution is 2.40. The van der Waals surface area contributed by atoms with Crippen LogP contribution in [-0.2, 0) is 0 Å². The first kappa shape index (κ1) is 38.6. The van der Waals surface area contributed by atoms with Crippen LogP contribution in [0.5, 0.6) is 0 Å². The number of nitrogens with one attached hydrogen (secondary N) is 4. The first-order valence-corrected chi connectivity index (χ1v) is 15.8. The van der Waals surface area contributed by atoms with Crippen molar-refractivity contribution in [2.24, 2.45) is 0 Å². The number of benzene rings is 4. The van der Waals surface area contributed by atoms with E-state index in [4.69, 9.17) is 0 Å². The Labute approximate surface area is 311 Å². The van der Waals surface area contributed by atoms with Gasteiger partial charge in [-0.25, -0.2) is 87.8 Å². The Morgan fingerprint density at radius 3 is 0.483 bits per heavy atom. The van der Waals surface area contributed by atoms with Crippen LogP contribution in [0.15, 0.2) is 0 Å². The molecule has 308 valence electrons. The molecule has 0 saturated carbocycles. The van der Waals surface area contributed by atoms with Gasteiger partial charge in [0.05, 0.1) is 87.3 Å². The highest BCUT2D eigenvalue weighted by molar-refractivity contribution is 6.04. The molecule has 4 N–H and O–H groups in total. The van der Waals surface area contributed by atoms with E-state index >= 15 is 52.7 Å². The standard InChI is InChI=1S/C36H4F20N4/c37-9-1-2(10(38)18(46)17(9)45)30-26(54)32-5-6(14(42)22(50)21(49)13(5)41)34(59-32)28(56)36-8-7(15(43)23(51)24(52)16(8)44)35(60-36)27(55)33-4-3(11(39)19(47)20(48)12(4)40)31(58-33)25(53)29(1)57-30/h57-60H. The molecular formula is C36H4F20N4. The summed E-state index contributed by atoms with van der Waals surface area (Å²) in [7, 11) is 0. The number of halogens is 20. The molecule has 0 aliphatic carbocycles. The SMILES string of the molecule is FC1=c2[nH]c(c3c(F)c(F)c(F)c(F)c23)=C(F)c2[nH]c(c3c(F)c(F)c(F)c(F)c23)C(F)=c2[nH]c(c3c(F)c(F)c(F)c(F)c23)=C(F)c2[nH]c1c1c(F)c(F)c(F)c(F)c21. The van der Waals surface area contributed by atoms with Gasteiger partial charge in [0, 0.05) is 0 Å². The van der Waals surface area contributed by atoms with E-state index in [-0.39, 0.29) is 0 Å². The lowest BCUT2D eigenvalue weighted by atomic mass is 10.1. The summed E-state index contributed by atoms with van der Waals surface area (Å²) in [5.41, 5.74) is -7.75. The second-order valence-electron chi connectivity index (χ2n) is 12.8. The summed E-state index contributed by atoms with van der Waals surface area (Å²) in [5.74, 6) is -54.0. The fraction of sp³-hybridized carbons (Fsp3) is 0. The number of aromatic nitrogens is 4. The van der Waals surface area contributed by atoms with Gasteiger partial charge in [-0.05, 0) is 0 Å². The summed E-state index contributed by atoms with van der Waals surface area (Å²) >= 11 is 0. The van der Waals surface area contributed by atoms with Gasteiger partial charge in [0.25, 0.3) is 0 Å². The first-order valence-electron chi connectivity index (χ1n) is 15.8. The number of aromatic amines is 4. The van der Waals surface area contributed by atoms with Crippen molar-refractivity contribution >= 4 is 66.4 Å². The molecule has 0 saturated heterocycles. The molecule has 60 heavy (non-hydrogen) atoms. The van der Waals surface area contributed by atoms with E-state index in [1.165, 1.54) is 19.9 Å². The molecule has 4 aromatic carbocycles. The minimum Gasteiger partial charge on any atom is -0.349 e. The molecular weight excluding hydrogens is 868 g/mol. The summed E-state index contributed by atoms with van der Waals surface area (Å²) in [6, 6.07) is 0. The van der Waals surface area contributed by atoms with Gasteiger partial charge < -0.3 is 19.9 Å². The fourth-order valence-electron chi connectivity index (χ4n) is 7.22. The van der Waals surface area contributed by atoms with Gasteiger partial charge in [0.2, 0.25) is 0 Å². The van der Waals surface area contributed by atoms with Crippen molar-refractivity contribution in [2.45, 2.75) is 0 Å². The van der Waals surface area contributed by atoms with Crippen molar-refractivity contribution in [1.29, 1.82) is 0 Å². The molecule has 4 aromatic heterocycles. The summed E-state index contributed by atoms with van der Waals surface area (Å²) in [5, 5.41) is -23.5. The highest BCUT2D eigenvalue weighted by atomic mass is 19.2. The van der Waals surface area contributed by atoms with Crippen molar-refractivity contribution in [2.75, 3.05) is 0 Å². The van der Waals surface area contributed by atoms with Gasteiger partial charge in [-0.2, -0.15) is 0 Å². The Morgan fingerprint density at radius 2 is 0.317 bits per heavy atom. The summed E-state index contributed by atoms with van der Waals surface area (Å²) in [6.45, 7) is 0. The Balaban J connectivity index is 1.71. The Morgan fingerprint density at radius 1 is 0.167 bits per heavy atom. The zero-order valence-corrected chi connectivity index (χ0v) is 27.6. The predicted octanol–water partition coefficient (Wildman–Crippen LogP) is 8.65. The average molecular weight is 872 g/mol. The molecule has 9 rings (SSSR count). The van der Waals surface area contributed by atoms with E-state index in [0.717, 1.165) is 0 Å². The second-order valence-corrected chi connectivity index (χ2v) is 12.8. The van der Waals surface area contributed by atoms with E-state index in [9.17, 15) is 35.1 Å². The minimum absolute atomic E-state index is 1.50. The molecule has 8 bridgehead atoms. The van der Waals surface area contributed by atoms with Crippen LogP contribution in [0.2, 0.25) is 0 Å². The molecule has 0 unspecified atom stereocenters. The zero-order chi connectivity index (χ0) is 43.6. The van der Waals surface area contributed by atoms with Gasteiger partial charge in [-0.1, -0.05) is 0 Å². The lowest BCUT2D eigenvalue weighted by Gasteiger charge is -2.04. The maximum absolute atomic E-state index is 16.8. The van der Waals surface area contributed by atoms with Crippen molar-refractivity contribution < 1.29 is 87.8 Å². The number of fused-ring (bicyclic) bond motifs is 20. The van der Waals surface area contributed by atoms with Crippen molar-refractivity contribution in [3.05, 3.63) is 137 Å². The van der Waals surface area contributed by atoms with Crippen LogP contribution in [0.1, 0.15) is 22.8 Å². The molecule has 0 spiro atoms. The molecule has 0 amide bonds. The lowest BCUT2D eigenvalue weighted by Crippen LogP contribution is -2.16. The van der Waals surface area contributed by atoms with Crippen LogP contribution in [-0.4, -0.2) is 19.9 Å². The van der Waals surface area contributed by atoms with Gasteiger partial charge >= 0.3 is 0 Å². The van der Waals surface area contributed by atoms with Crippen LogP contribution >= 0.6 is 0 Å². The highest BCUT2D eigenvalue weighted by Gasteiger charge is 2.36. The molecule has 24 heteroatoms. The van der Waals surface area contributed by atoms with Crippen LogP contribution in [0.3, 0.4) is 0 Å². The number of H-pyrrole nitrogens is 4.